The molecule has 0 aromatic heterocycles. The van der Waals surface area contributed by atoms with Crippen molar-refractivity contribution in [3.8, 4) is 0 Å². The van der Waals surface area contributed by atoms with Gasteiger partial charge in [0.1, 0.15) is 0 Å². The van der Waals surface area contributed by atoms with Crippen molar-refractivity contribution >= 4 is 17.5 Å². The first kappa shape index (κ1) is 13.8. The molecule has 1 fully saturated rings. The molecule has 0 bridgehead atoms. The third-order valence-corrected chi connectivity index (χ3v) is 3.19. The number of alkyl halides is 1. The van der Waals surface area contributed by atoms with E-state index in [9.17, 15) is 4.79 Å². The van der Waals surface area contributed by atoms with Crippen LogP contribution in [-0.2, 0) is 9.53 Å². The highest BCUT2D eigenvalue weighted by atomic mass is 35.5. The summed E-state index contributed by atoms with van der Waals surface area (Å²) in [5.41, 5.74) is 0. The maximum Gasteiger partial charge on any atom is 0.222 e. The SMILES string of the molecule is CCCCCC(=O)N1CC(C)OC(CCl)C1. The summed E-state index contributed by atoms with van der Waals surface area (Å²) in [5, 5.41) is 0. The van der Waals surface area contributed by atoms with Gasteiger partial charge in [-0.2, -0.15) is 0 Å². The second-order valence-corrected chi connectivity index (χ2v) is 4.79. The van der Waals surface area contributed by atoms with Crippen molar-refractivity contribution in [3.63, 3.8) is 0 Å². The number of carbonyl (C=O) groups excluding carboxylic acids is 1. The Labute approximate surface area is 103 Å². The van der Waals surface area contributed by atoms with E-state index in [-0.39, 0.29) is 18.1 Å². The largest absolute Gasteiger partial charge is 0.370 e. The van der Waals surface area contributed by atoms with Crippen LogP contribution in [0.15, 0.2) is 0 Å². The van der Waals surface area contributed by atoms with Gasteiger partial charge in [-0.05, 0) is 13.3 Å². The Kier molecular flexibility index (Phi) is 6.14. The highest BCUT2D eigenvalue weighted by Crippen LogP contribution is 2.14. The Hall–Kier alpha value is -0.280. The second-order valence-electron chi connectivity index (χ2n) is 4.48. The van der Waals surface area contributed by atoms with E-state index in [1.165, 1.54) is 0 Å². The Morgan fingerprint density at radius 3 is 2.81 bits per heavy atom. The maximum atomic E-state index is 11.9. The van der Waals surface area contributed by atoms with Gasteiger partial charge in [-0.1, -0.05) is 19.8 Å². The Morgan fingerprint density at radius 1 is 1.44 bits per heavy atom. The molecular weight excluding hydrogens is 226 g/mol. The minimum atomic E-state index is 0.000502. The molecule has 0 saturated carbocycles. The van der Waals surface area contributed by atoms with Gasteiger partial charge in [-0.3, -0.25) is 4.79 Å². The fourth-order valence-corrected chi connectivity index (χ4v) is 2.19. The number of carbonyl (C=O) groups is 1. The monoisotopic (exact) mass is 247 g/mol. The van der Waals surface area contributed by atoms with Gasteiger partial charge in [0.15, 0.2) is 0 Å². The molecule has 2 unspecified atom stereocenters. The van der Waals surface area contributed by atoms with E-state index in [1.807, 2.05) is 11.8 Å². The van der Waals surface area contributed by atoms with Gasteiger partial charge in [0, 0.05) is 19.5 Å². The molecule has 0 N–H and O–H groups in total. The lowest BCUT2D eigenvalue weighted by Gasteiger charge is -2.36. The van der Waals surface area contributed by atoms with E-state index < -0.39 is 0 Å². The standard InChI is InChI=1S/C12H22ClNO2/c1-3-4-5-6-12(15)14-8-10(2)16-11(7-13)9-14/h10-11H,3-9H2,1-2H3. The Bertz CT molecular complexity index is 223. The molecule has 94 valence electrons. The molecule has 4 heteroatoms. The van der Waals surface area contributed by atoms with E-state index in [4.69, 9.17) is 16.3 Å². The molecule has 1 amide bonds. The summed E-state index contributed by atoms with van der Waals surface area (Å²) in [6.45, 7) is 5.49. The molecule has 0 radical (unpaired) electrons. The van der Waals surface area contributed by atoms with Crippen molar-refractivity contribution < 1.29 is 9.53 Å². The molecule has 0 aromatic carbocycles. The minimum Gasteiger partial charge on any atom is -0.370 e. The predicted molar refractivity (Wildman–Crippen MR) is 65.8 cm³/mol. The Morgan fingerprint density at radius 2 is 2.19 bits per heavy atom. The van der Waals surface area contributed by atoms with Gasteiger partial charge in [-0.15, -0.1) is 11.6 Å². The summed E-state index contributed by atoms with van der Waals surface area (Å²) in [7, 11) is 0. The number of rotatable bonds is 5. The van der Waals surface area contributed by atoms with Crippen LogP contribution in [0.4, 0.5) is 0 Å². The summed E-state index contributed by atoms with van der Waals surface area (Å²) in [4.78, 5) is 13.8. The second kappa shape index (κ2) is 7.13. The number of hydrogen-bond acceptors (Lipinski definition) is 2. The average molecular weight is 248 g/mol. The molecule has 0 spiro atoms. The van der Waals surface area contributed by atoms with Crippen LogP contribution in [-0.4, -0.2) is 42.0 Å². The zero-order valence-corrected chi connectivity index (χ0v) is 11.0. The van der Waals surface area contributed by atoms with Gasteiger partial charge < -0.3 is 9.64 Å². The van der Waals surface area contributed by atoms with Crippen molar-refractivity contribution in [3.05, 3.63) is 0 Å². The summed E-state index contributed by atoms with van der Waals surface area (Å²) >= 11 is 5.78. The van der Waals surface area contributed by atoms with Crippen LogP contribution in [0.3, 0.4) is 0 Å². The zero-order chi connectivity index (χ0) is 12.0. The van der Waals surface area contributed by atoms with Crippen LogP contribution in [0.5, 0.6) is 0 Å². The van der Waals surface area contributed by atoms with Crippen molar-refractivity contribution in [1.82, 2.24) is 4.90 Å². The van der Waals surface area contributed by atoms with E-state index in [1.54, 1.807) is 0 Å². The number of morpholine rings is 1. The van der Waals surface area contributed by atoms with Crippen LogP contribution in [0, 0.1) is 0 Å². The third-order valence-electron chi connectivity index (χ3n) is 2.85. The van der Waals surface area contributed by atoms with Gasteiger partial charge in [0.05, 0.1) is 18.1 Å². The van der Waals surface area contributed by atoms with Crippen LogP contribution in [0.25, 0.3) is 0 Å². The number of halogens is 1. The lowest BCUT2D eigenvalue weighted by Crippen LogP contribution is -2.49. The number of nitrogens with zero attached hydrogens (tertiary/aromatic N) is 1. The first-order valence-corrected chi connectivity index (χ1v) is 6.70. The highest BCUT2D eigenvalue weighted by molar-refractivity contribution is 6.18. The summed E-state index contributed by atoms with van der Waals surface area (Å²) in [6.07, 6.45) is 4.04. The molecule has 0 aliphatic carbocycles. The molecular formula is C12H22ClNO2. The van der Waals surface area contributed by atoms with E-state index in [0.29, 0.717) is 25.4 Å². The number of unbranched alkanes of at least 4 members (excludes halogenated alkanes) is 2. The lowest BCUT2D eigenvalue weighted by molar-refractivity contribution is -0.143. The molecule has 2 atom stereocenters. The fourth-order valence-electron chi connectivity index (χ4n) is 2.02. The van der Waals surface area contributed by atoms with Crippen LogP contribution >= 0.6 is 11.6 Å². The lowest BCUT2D eigenvalue weighted by atomic mass is 10.1. The van der Waals surface area contributed by atoms with Crippen molar-refractivity contribution in [1.29, 1.82) is 0 Å². The van der Waals surface area contributed by atoms with Crippen LogP contribution in [0.2, 0.25) is 0 Å². The van der Waals surface area contributed by atoms with E-state index in [0.717, 1.165) is 19.3 Å². The molecule has 1 rings (SSSR count). The summed E-state index contributed by atoms with van der Waals surface area (Å²) in [6, 6.07) is 0. The zero-order valence-electron chi connectivity index (χ0n) is 10.2. The highest BCUT2D eigenvalue weighted by Gasteiger charge is 2.27. The minimum absolute atomic E-state index is 0.000502. The van der Waals surface area contributed by atoms with Crippen molar-refractivity contribution in [2.45, 2.75) is 51.7 Å². The van der Waals surface area contributed by atoms with E-state index in [2.05, 4.69) is 6.92 Å². The fraction of sp³-hybridized carbons (Fsp3) is 0.917. The number of ether oxygens (including phenoxy) is 1. The molecule has 1 saturated heterocycles. The maximum absolute atomic E-state index is 11.9. The normalized spacial score (nSPS) is 25.8. The first-order chi connectivity index (χ1) is 7.67. The Balaban J connectivity index is 2.36. The van der Waals surface area contributed by atoms with Crippen molar-refractivity contribution in [2.75, 3.05) is 19.0 Å². The summed E-state index contributed by atoms with van der Waals surface area (Å²) < 4.78 is 5.62. The van der Waals surface area contributed by atoms with Gasteiger partial charge in [-0.25, -0.2) is 0 Å². The van der Waals surface area contributed by atoms with Gasteiger partial charge in [0.2, 0.25) is 5.91 Å². The molecule has 1 aliphatic heterocycles. The third kappa shape index (κ3) is 4.30. The van der Waals surface area contributed by atoms with Crippen LogP contribution < -0.4 is 0 Å². The first-order valence-electron chi connectivity index (χ1n) is 6.16. The molecule has 3 nitrogen and oxygen atoms in total. The molecule has 1 heterocycles. The molecule has 1 aliphatic rings. The summed E-state index contributed by atoms with van der Waals surface area (Å²) in [5.74, 6) is 0.710. The number of amides is 1. The van der Waals surface area contributed by atoms with Crippen molar-refractivity contribution in [2.24, 2.45) is 0 Å². The van der Waals surface area contributed by atoms with Crippen LogP contribution in [0.1, 0.15) is 39.5 Å². The number of hydrogen-bond donors (Lipinski definition) is 0. The van der Waals surface area contributed by atoms with Gasteiger partial charge in [0.25, 0.3) is 0 Å². The smallest absolute Gasteiger partial charge is 0.222 e. The average Bonchev–Trinajstić information content (AvgIpc) is 2.28. The quantitative estimate of drug-likeness (QED) is 0.552. The van der Waals surface area contributed by atoms with Gasteiger partial charge >= 0.3 is 0 Å². The van der Waals surface area contributed by atoms with E-state index >= 15 is 0 Å². The predicted octanol–water partition coefficient (Wildman–Crippen LogP) is 2.42. The molecule has 0 aromatic rings. The topological polar surface area (TPSA) is 29.5 Å². The molecule has 16 heavy (non-hydrogen) atoms.